The molecule has 0 N–H and O–H groups in total. The molecule has 3 heteroatoms. The molecule has 0 aliphatic rings. The molecule has 0 radical (unpaired) electrons. The van der Waals surface area contributed by atoms with Crippen molar-refractivity contribution in [3.8, 4) is 12.1 Å². The third kappa shape index (κ3) is 2.30. The fourth-order valence-corrected chi connectivity index (χ4v) is 0.927. The second kappa shape index (κ2) is 4.59. The molecule has 0 spiro atoms. The van der Waals surface area contributed by atoms with Crippen molar-refractivity contribution in [2.75, 3.05) is 0 Å². The largest absolute Gasteiger partial charge is 0.298 e. The first-order chi connectivity index (χ1) is 6.80. The molecule has 0 amide bonds. The van der Waals surface area contributed by atoms with Crippen molar-refractivity contribution in [2.24, 2.45) is 0 Å². The first-order valence-corrected chi connectivity index (χ1v) is 3.87. The summed E-state index contributed by atoms with van der Waals surface area (Å²) >= 11 is 0. The molecule has 1 aromatic rings. The van der Waals surface area contributed by atoms with E-state index in [1.807, 2.05) is 0 Å². The summed E-state index contributed by atoms with van der Waals surface area (Å²) in [6.45, 7) is 0. The fraction of sp³-hybridized carbons (Fsp3) is 0. The first-order valence-electron chi connectivity index (χ1n) is 3.87. The summed E-state index contributed by atoms with van der Waals surface area (Å²) in [5.74, 6) is 0. The molecule has 3 nitrogen and oxygen atoms in total. The zero-order valence-electron chi connectivity index (χ0n) is 7.27. The molecule has 0 saturated heterocycles. The number of benzene rings is 1. The lowest BCUT2D eigenvalue weighted by atomic mass is 10.1. The molecular formula is C11H6N2O. The molecule has 66 valence electrons. The summed E-state index contributed by atoms with van der Waals surface area (Å²) < 4.78 is 0. The van der Waals surface area contributed by atoms with E-state index in [9.17, 15) is 4.79 Å². The van der Waals surface area contributed by atoms with Gasteiger partial charge >= 0.3 is 0 Å². The average Bonchev–Trinajstić information content (AvgIpc) is 2.26. The summed E-state index contributed by atoms with van der Waals surface area (Å²) in [5.41, 5.74) is 1.34. The molecular weight excluding hydrogens is 176 g/mol. The molecule has 0 aliphatic heterocycles. The van der Waals surface area contributed by atoms with Gasteiger partial charge in [-0.1, -0.05) is 24.3 Å². The van der Waals surface area contributed by atoms with E-state index in [1.165, 1.54) is 6.08 Å². The van der Waals surface area contributed by atoms with Gasteiger partial charge in [0.2, 0.25) is 0 Å². The molecule has 0 bridgehead atoms. The first kappa shape index (κ1) is 9.70. The Morgan fingerprint density at radius 3 is 2.00 bits per heavy atom. The number of carbonyl (C=O) groups excluding carboxylic acids is 1. The predicted octanol–water partition coefficient (Wildman–Crippen LogP) is 1.93. The van der Waals surface area contributed by atoms with Crippen LogP contribution in [0.4, 0.5) is 0 Å². The Morgan fingerprint density at radius 1 is 1.07 bits per heavy atom. The second-order valence-electron chi connectivity index (χ2n) is 2.57. The van der Waals surface area contributed by atoms with Crippen LogP contribution in [0, 0.1) is 22.7 Å². The lowest BCUT2D eigenvalue weighted by Crippen LogP contribution is -1.80. The molecule has 0 aliphatic carbocycles. The Balaban J connectivity index is 3.01. The summed E-state index contributed by atoms with van der Waals surface area (Å²) in [4.78, 5) is 10.3. The number of nitrogens with zero attached hydrogens (tertiary/aromatic N) is 2. The van der Waals surface area contributed by atoms with Crippen molar-refractivity contribution >= 4 is 12.4 Å². The monoisotopic (exact) mass is 182 g/mol. The van der Waals surface area contributed by atoms with Gasteiger partial charge in [-0.05, 0) is 11.6 Å². The summed E-state index contributed by atoms with van der Waals surface area (Å²) in [5, 5.41) is 17.0. The number of aldehydes is 1. The highest BCUT2D eigenvalue weighted by atomic mass is 16.1. The summed E-state index contributed by atoms with van der Waals surface area (Å²) in [7, 11) is 0. The van der Waals surface area contributed by atoms with Crippen LogP contribution in [0.2, 0.25) is 0 Å². The van der Waals surface area contributed by atoms with Gasteiger partial charge in [0.05, 0.1) is 0 Å². The van der Waals surface area contributed by atoms with Crippen LogP contribution in [0.1, 0.15) is 15.9 Å². The second-order valence-corrected chi connectivity index (χ2v) is 2.57. The summed E-state index contributed by atoms with van der Waals surface area (Å²) in [6, 6.07) is 10.1. The number of rotatable bonds is 2. The molecule has 0 heterocycles. The van der Waals surface area contributed by atoms with Gasteiger partial charge in [-0.2, -0.15) is 10.5 Å². The maximum atomic E-state index is 10.3. The maximum Gasteiger partial charge on any atom is 0.150 e. The van der Waals surface area contributed by atoms with Crippen LogP contribution in [0.5, 0.6) is 0 Å². The van der Waals surface area contributed by atoms with E-state index in [1.54, 1.807) is 36.4 Å². The lowest BCUT2D eigenvalue weighted by Gasteiger charge is -1.92. The van der Waals surface area contributed by atoms with E-state index < -0.39 is 0 Å². The van der Waals surface area contributed by atoms with Gasteiger partial charge in [0, 0.05) is 5.56 Å². The van der Waals surface area contributed by atoms with E-state index in [2.05, 4.69) is 0 Å². The number of nitriles is 2. The highest BCUT2D eigenvalue weighted by Crippen LogP contribution is 2.07. The Kier molecular flexibility index (Phi) is 3.18. The number of carbonyl (C=O) groups is 1. The van der Waals surface area contributed by atoms with Gasteiger partial charge in [-0.25, -0.2) is 0 Å². The van der Waals surface area contributed by atoms with E-state index >= 15 is 0 Å². The van der Waals surface area contributed by atoms with Crippen LogP contribution in [0.15, 0.2) is 29.8 Å². The Morgan fingerprint density at radius 2 is 1.57 bits per heavy atom. The molecule has 1 aromatic carbocycles. The standard InChI is InChI=1S/C11H6N2O/c12-6-11(7-13)5-9-1-3-10(8-14)4-2-9/h1-5,8H. The van der Waals surface area contributed by atoms with Gasteiger partial charge in [-0.3, -0.25) is 4.79 Å². The van der Waals surface area contributed by atoms with Gasteiger partial charge in [-0.15, -0.1) is 0 Å². The lowest BCUT2D eigenvalue weighted by molar-refractivity contribution is 0.112. The number of hydrogen-bond acceptors (Lipinski definition) is 3. The van der Waals surface area contributed by atoms with Crippen molar-refractivity contribution in [3.63, 3.8) is 0 Å². The quantitative estimate of drug-likeness (QED) is 0.518. The maximum absolute atomic E-state index is 10.3. The molecule has 0 unspecified atom stereocenters. The number of allylic oxidation sites excluding steroid dienone is 1. The van der Waals surface area contributed by atoms with Gasteiger partial charge in [0.1, 0.15) is 24.0 Å². The van der Waals surface area contributed by atoms with Crippen LogP contribution in [0.25, 0.3) is 6.08 Å². The molecule has 0 atom stereocenters. The van der Waals surface area contributed by atoms with Crippen LogP contribution in [-0.4, -0.2) is 6.29 Å². The van der Waals surface area contributed by atoms with Crippen molar-refractivity contribution < 1.29 is 4.79 Å². The normalized spacial score (nSPS) is 8.14. The SMILES string of the molecule is N#CC(C#N)=Cc1ccc(C=O)cc1. The third-order valence-electron chi connectivity index (χ3n) is 1.62. The van der Waals surface area contributed by atoms with Gasteiger partial charge in [0.15, 0.2) is 0 Å². The smallest absolute Gasteiger partial charge is 0.150 e. The van der Waals surface area contributed by atoms with Crippen LogP contribution in [0.3, 0.4) is 0 Å². The average molecular weight is 182 g/mol. The van der Waals surface area contributed by atoms with Crippen molar-refractivity contribution in [1.82, 2.24) is 0 Å². The van der Waals surface area contributed by atoms with Crippen LogP contribution in [-0.2, 0) is 0 Å². The molecule has 0 fully saturated rings. The highest BCUT2D eigenvalue weighted by molar-refractivity contribution is 5.75. The topological polar surface area (TPSA) is 64.7 Å². The Hall–Kier alpha value is -2.39. The molecule has 0 saturated carbocycles. The predicted molar refractivity (Wildman–Crippen MR) is 51.0 cm³/mol. The van der Waals surface area contributed by atoms with E-state index in [4.69, 9.17) is 10.5 Å². The van der Waals surface area contributed by atoms with Gasteiger partial charge < -0.3 is 0 Å². The van der Waals surface area contributed by atoms with E-state index in [-0.39, 0.29) is 5.57 Å². The van der Waals surface area contributed by atoms with E-state index in [0.29, 0.717) is 5.56 Å². The minimum Gasteiger partial charge on any atom is -0.298 e. The molecule has 1 rings (SSSR count). The molecule has 14 heavy (non-hydrogen) atoms. The van der Waals surface area contributed by atoms with Crippen LogP contribution < -0.4 is 0 Å². The Labute approximate surface area is 81.5 Å². The highest BCUT2D eigenvalue weighted by Gasteiger charge is 1.94. The zero-order valence-corrected chi connectivity index (χ0v) is 7.27. The third-order valence-corrected chi connectivity index (χ3v) is 1.62. The van der Waals surface area contributed by atoms with Gasteiger partial charge in [0.25, 0.3) is 0 Å². The van der Waals surface area contributed by atoms with Crippen molar-refractivity contribution in [3.05, 3.63) is 41.0 Å². The minimum atomic E-state index is 0.0452. The Bertz CT molecular complexity index is 428. The fourth-order valence-electron chi connectivity index (χ4n) is 0.927. The molecule has 0 aromatic heterocycles. The van der Waals surface area contributed by atoms with Crippen LogP contribution >= 0.6 is 0 Å². The van der Waals surface area contributed by atoms with Crippen molar-refractivity contribution in [2.45, 2.75) is 0 Å². The number of hydrogen-bond donors (Lipinski definition) is 0. The summed E-state index contributed by atoms with van der Waals surface area (Å²) in [6.07, 6.45) is 2.21. The zero-order chi connectivity index (χ0) is 10.4. The minimum absolute atomic E-state index is 0.0452. The van der Waals surface area contributed by atoms with E-state index in [0.717, 1.165) is 11.8 Å². The van der Waals surface area contributed by atoms with Crippen molar-refractivity contribution in [1.29, 1.82) is 10.5 Å².